The maximum atomic E-state index is 14.7. The lowest BCUT2D eigenvalue weighted by Crippen LogP contribution is -2.62. The SMILES string of the molecule is OC[C@@H]1C(O)[C@H](O)[C@@H](O)CN1CCCCCOCC1CCC(C2CCCCC2)C(F)C1. The van der Waals surface area contributed by atoms with Crippen molar-refractivity contribution in [3.05, 3.63) is 0 Å². The summed E-state index contributed by atoms with van der Waals surface area (Å²) in [5, 5.41) is 39.1. The fraction of sp³-hybridized carbons (Fsp3) is 1.00. The molecule has 0 bridgehead atoms. The first-order valence-corrected chi connectivity index (χ1v) is 12.6. The predicted octanol–water partition coefficient (Wildman–Crippen LogP) is 2.27. The number of ether oxygens (including phenoxy) is 1. The van der Waals surface area contributed by atoms with E-state index in [4.69, 9.17) is 4.74 Å². The molecule has 7 atom stereocenters. The summed E-state index contributed by atoms with van der Waals surface area (Å²) in [6.45, 7) is 2.00. The Labute approximate surface area is 186 Å². The van der Waals surface area contributed by atoms with Crippen LogP contribution in [0.5, 0.6) is 0 Å². The molecular formula is C24H44FNO5. The Morgan fingerprint density at radius 2 is 1.68 bits per heavy atom. The largest absolute Gasteiger partial charge is 0.395 e. The minimum atomic E-state index is -1.21. The number of halogens is 1. The van der Waals surface area contributed by atoms with Crippen molar-refractivity contribution in [3.8, 4) is 0 Å². The van der Waals surface area contributed by atoms with Gasteiger partial charge in [0, 0.05) is 19.8 Å². The first-order valence-electron chi connectivity index (χ1n) is 12.6. The molecule has 2 saturated carbocycles. The van der Waals surface area contributed by atoms with Crippen LogP contribution in [-0.2, 0) is 4.74 Å². The molecule has 3 aliphatic rings. The summed E-state index contributed by atoms with van der Waals surface area (Å²) >= 11 is 0. The van der Waals surface area contributed by atoms with Crippen LogP contribution in [0.3, 0.4) is 0 Å². The van der Waals surface area contributed by atoms with Gasteiger partial charge in [0.15, 0.2) is 0 Å². The Morgan fingerprint density at radius 3 is 2.39 bits per heavy atom. The van der Waals surface area contributed by atoms with E-state index in [1.165, 1.54) is 32.1 Å². The van der Waals surface area contributed by atoms with Gasteiger partial charge in [0.2, 0.25) is 0 Å². The molecule has 0 aromatic carbocycles. The van der Waals surface area contributed by atoms with Crippen LogP contribution in [0.1, 0.15) is 70.6 Å². The first-order chi connectivity index (χ1) is 15.0. The summed E-state index contributed by atoms with van der Waals surface area (Å²) in [4.78, 5) is 1.86. The Bertz CT molecular complexity index is 506. The standard InChI is InChI=1S/C24H44FNO5/c25-20-13-17(9-10-19(20)18-7-3-1-4-8-18)16-31-12-6-2-5-11-26-14-22(28)24(30)23(29)21(26)15-27/h17-24,27-30H,1-16H2/t17?,19?,20?,21-,22+,23?,24-/m1/s1. The van der Waals surface area contributed by atoms with Crippen molar-refractivity contribution in [1.29, 1.82) is 0 Å². The molecule has 0 aromatic rings. The van der Waals surface area contributed by atoms with Gasteiger partial charge in [0.05, 0.1) is 18.8 Å². The summed E-state index contributed by atoms with van der Waals surface area (Å²) in [6.07, 6.45) is 7.86. The number of hydrogen-bond donors (Lipinski definition) is 4. The Kier molecular flexibility index (Phi) is 10.5. The molecule has 182 valence electrons. The third kappa shape index (κ3) is 7.08. The van der Waals surface area contributed by atoms with Crippen molar-refractivity contribution in [2.24, 2.45) is 17.8 Å². The lowest BCUT2D eigenvalue weighted by Gasteiger charge is -2.43. The van der Waals surface area contributed by atoms with Crippen LogP contribution < -0.4 is 0 Å². The monoisotopic (exact) mass is 445 g/mol. The van der Waals surface area contributed by atoms with Crippen molar-refractivity contribution in [1.82, 2.24) is 4.90 Å². The summed E-state index contributed by atoms with van der Waals surface area (Å²) in [6, 6.07) is -0.535. The minimum Gasteiger partial charge on any atom is -0.395 e. The second-order valence-electron chi connectivity index (χ2n) is 10.2. The molecule has 3 fully saturated rings. The van der Waals surface area contributed by atoms with Gasteiger partial charge >= 0.3 is 0 Å². The van der Waals surface area contributed by atoms with Crippen molar-refractivity contribution in [3.63, 3.8) is 0 Å². The number of aliphatic hydroxyl groups is 4. The number of likely N-dealkylation sites (tertiary alicyclic amines) is 1. The van der Waals surface area contributed by atoms with E-state index in [1.54, 1.807) is 0 Å². The molecule has 0 aromatic heterocycles. The summed E-state index contributed by atoms with van der Waals surface area (Å²) in [5.41, 5.74) is 0. The molecule has 3 rings (SSSR count). The molecule has 2 aliphatic carbocycles. The highest BCUT2D eigenvalue weighted by atomic mass is 19.1. The maximum absolute atomic E-state index is 14.7. The lowest BCUT2D eigenvalue weighted by molar-refractivity contribution is -0.145. The second kappa shape index (κ2) is 12.8. The van der Waals surface area contributed by atoms with E-state index < -0.39 is 30.5 Å². The zero-order chi connectivity index (χ0) is 22.2. The molecular weight excluding hydrogens is 401 g/mol. The number of piperidine rings is 1. The molecule has 1 aliphatic heterocycles. The summed E-state index contributed by atoms with van der Waals surface area (Å²) in [7, 11) is 0. The zero-order valence-corrected chi connectivity index (χ0v) is 19.0. The second-order valence-corrected chi connectivity index (χ2v) is 10.2. The third-order valence-electron chi connectivity index (χ3n) is 7.99. The summed E-state index contributed by atoms with van der Waals surface area (Å²) in [5.74, 6) is 1.25. The molecule has 0 spiro atoms. The highest BCUT2D eigenvalue weighted by Gasteiger charge is 2.40. The molecule has 0 radical (unpaired) electrons. The number of unbranched alkanes of at least 4 members (excludes halogenated alkanes) is 2. The van der Waals surface area contributed by atoms with E-state index in [1.807, 2.05) is 4.90 Å². The highest BCUT2D eigenvalue weighted by Crippen LogP contribution is 2.41. The third-order valence-corrected chi connectivity index (χ3v) is 7.99. The number of nitrogens with zero attached hydrogens (tertiary/aromatic N) is 1. The van der Waals surface area contributed by atoms with Crippen molar-refractivity contribution in [2.75, 3.05) is 32.9 Å². The van der Waals surface area contributed by atoms with Crippen molar-refractivity contribution >= 4 is 0 Å². The van der Waals surface area contributed by atoms with Gasteiger partial charge in [0.25, 0.3) is 0 Å². The van der Waals surface area contributed by atoms with Crippen LogP contribution in [0.2, 0.25) is 0 Å². The highest BCUT2D eigenvalue weighted by molar-refractivity contribution is 4.94. The molecule has 6 nitrogen and oxygen atoms in total. The van der Waals surface area contributed by atoms with Gasteiger partial charge in [-0.1, -0.05) is 32.1 Å². The van der Waals surface area contributed by atoms with E-state index in [0.29, 0.717) is 38.0 Å². The molecule has 1 saturated heterocycles. The van der Waals surface area contributed by atoms with Crippen LogP contribution in [0.15, 0.2) is 0 Å². The Balaban J connectivity index is 1.24. The van der Waals surface area contributed by atoms with Crippen molar-refractivity contribution in [2.45, 2.75) is 101 Å². The van der Waals surface area contributed by atoms with Gasteiger partial charge in [-0.3, -0.25) is 4.90 Å². The normalized spacial score (nSPS) is 38.4. The quantitative estimate of drug-likeness (QED) is 0.386. The van der Waals surface area contributed by atoms with E-state index in [2.05, 4.69) is 0 Å². The minimum absolute atomic E-state index is 0.243. The molecule has 1 heterocycles. The Morgan fingerprint density at radius 1 is 0.903 bits per heavy atom. The van der Waals surface area contributed by atoms with Gasteiger partial charge in [-0.05, 0) is 62.8 Å². The molecule has 0 amide bonds. The number of rotatable bonds is 10. The molecule has 4 unspecified atom stereocenters. The van der Waals surface area contributed by atoms with Crippen LogP contribution in [0.4, 0.5) is 4.39 Å². The predicted molar refractivity (Wildman–Crippen MR) is 117 cm³/mol. The molecule has 4 N–H and O–H groups in total. The number of aliphatic hydroxyl groups excluding tert-OH is 4. The lowest BCUT2D eigenvalue weighted by atomic mass is 9.70. The van der Waals surface area contributed by atoms with Crippen LogP contribution in [0.25, 0.3) is 0 Å². The first kappa shape index (κ1) is 25.3. The number of β-amino-alcohol motifs (C(OH)–C–C–N with tert-alkyl or cyclic N) is 1. The molecule has 31 heavy (non-hydrogen) atoms. The van der Waals surface area contributed by atoms with E-state index in [0.717, 1.165) is 32.1 Å². The van der Waals surface area contributed by atoms with Gasteiger partial charge in [-0.25, -0.2) is 4.39 Å². The van der Waals surface area contributed by atoms with Gasteiger partial charge < -0.3 is 25.2 Å². The number of alkyl halides is 1. The van der Waals surface area contributed by atoms with E-state index >= 15 is 0 Å². The van der Waals surface area contributed by atoms with Gasteiger partial charge in [-0.15, -0.1) is 0 Å². The molecule has 7 heteroatoms. The van der Waals surface area contributed by atoms with E-state index in [9.17, 15) is 24.8 Å². The van der Waals surface area contributed by atoms with Crippen LogP contribution >= 0.6 is 0 Å². The van der Waals surface area contributed by atoms with E-state index in [-0.39, 0.29) is 19.1 Å². The number of hydrogen-bond acceptors (Lipinski definition) is 6. The fourth-order valence-electron chi connectivity index (χ4n) is 6.05. The Hall–Kier alpha value is -0.310. The van der Waals surface area contributed by atoms with Gasteiger partial charge in [-0.2, -0.15) is 0 Å². The fourth-order valence-corrected chi connectivity index (χ4v) is 6.05. The average molecular weight is 446 g/mol. The van der Waals surface area contributed by atoms with Crippen LogP contribution in [0, 0.1) is 17.8 Å². The zero-order valence-electron chi connectivity index (χ0n) is 19.0. The van der Waals surface area contributed by atoms with Gasteiger partial charge in [0.1, 0.15) is 18.4 Å². The summed E-state index contributed by atoms with van der Waals surface area (Å²) < 4.78 is 20.6. The van der Waals surface area contributed by atoms with Crippen LogP contribution in [-0.4, -0.2) is 88.8 Å². The topological polar surface area (TPSA) is 93.4 Å². The van der Waals surface area contributed by atoms with Crippen molar-refractivity contribution < 1.29 is 29.6 Å². The average Bonchev–Trinajstić information content (AvgIpc) is 2.77. The smallest absolute Gasteiger partial charge is 0.109 e. The maximum Gasteiger partial charge on any atom is 0.109 e.